The molecule has 2 fully saturated rings. The van der Waals surface area contributed by atoms with Gasteiger partial charge in [-0.3, -0.25) is 10.1 Å². The van der Waals surface area contributed by atoms with E-state index in [9.17, 15) is 17.6 Å². The van der Waals surface area contributed by atoms with Crippen LogP contribution in [-0.4, -0.2) is 50.4 Å². The van der Waals surface area contributed by atoms with Gasteiger partial charge in [0.15, 0.2) is 22.1 Å². The average molecular weight is 455 g/mol. The molecule has 2 aliphatic rings. The Kier molecular flexibility index (Phi) is 6.09. The maximum atomic E-state index is 13.2. The zero-order valence-corrected chi connectivity index (χ0v) is 17.3. The van der Waals surface area contributed by atoms with Crippen molar-refractivity contribution in [2.75, 3.05) is 18.5 Å². The first kappa shape index (κ1) is 20.8. The van der Waals surface area contributed by atoms with Crippen molar-refractivity contribution < 1.29 is 27.2 Å². The second kappa shape index (κ2) is 8.76. The van der Waals surface area contributed by atoms with Gasteiger partial charge >= 0.3 is 0 Å². The summed E-state index contributed by atoms with van der Waals surface area (Å²) >= 11 is 0.676. The molecule has 1 aromatic heterocycles. The number of benzene rings is 1. The van der Waals surface area contributed by atoms with Crippen LogP contribution in [0.1, 0.15) is 24.8 Å². The highest BCUT2D eigenvalue weighted by Gasteiger charge is 2.28. The van der Waals surface area contributed by atoms with E-state index < -0.39 is 21.1 Å². The third-order valence-corrected chi connectivity index (χ3v) is 6.67. The first-order chi connectivity index (χ1) is 14.4. The molecule has 1 aliphatic carbocycles. The maximum Gasteiger partial charge on any atom is 0.280 e. The lowest BCUT2D eigenvalue weighted by atomic mass is 10.1. The first-order valence-corrected chi connectivity index (χ1v) is 11.6. The van der Waals surface area contributed by atoms with Crippen molar-refractivity contribution in [1.82, 2.24) is 9.71 Å². The average Bonchev–Trinajstić information content (AvgIpc) is 3.18. The smallest absolute Gasteiger partial charge is 0.280 e. The number of carbonyl (C=O) groups is 1. The van der Waals surface area contributed by atoms with Crippen LogP contribution in [0.3, 0.4) is 0 Å². The Hall–Kier alpha value is -2.41. The largest absolute Gasteiger partial charge is 0.389 e. The zero-order valence-electron chi connectivity index (χ0n) is 15.7. The summed E-state index contributed by atoms with van der Waals surface area (Å²) in [5, 5.41) is 5.97. The van der Waals surface area contributed by atoms with E-state index in [0.29, 0.717) is 36.5 Å². The normalized spacial score (nSPS) is 19.6. The number of halogens is 1. The number of carbonyl (C=O) groups excluding carboxylic acids is 1. The molecule has 0 spiro atoms. The second-order valence-corrected chi connectivity index (χ2v) is 9.57. The number of thiazole rings is 1. The van der Waals surface area contributed by atoms with Crippen molar-refractivity contribution >= 4 is 38.1 Å². The van der Waals surface area contributed by atoms with Gasteiger partial charge in [-0.2, -0.15) is 4.39 Å². The lowest BCUT2D eigenvalue weighted by molar-refractivity contribution is -0.110. The molecule has 1 saturated heterocycles. The van der Waals surface area contributed by atoms with Crippen LogP contribution in [0.2, 0.25) is 0 Å². The molecule has 2 heterocycles. The van der Waals surface area contributed by atoms with Crippen molar-refractivity contribution in [3.8, 4) is 0 Å². The van der Waals surface area contributed by atoms with E-state index in [4.69, 9.17) is 9.57 Å². The minimum atomic E-state index is -3.62. The molecule has 1 saturated carbocycles. The standard InChI is InChI=1S/C18H19FN4O5S2/c19-15-9-20-18(29-15)21-17(24)16(22-28-13-7-8-27-10-13)11-1-5-14(6-2-11)30(25,26)23-12-3-4-12/h1-2,5-6,9,12-13,23H,3-4,7-8,10H2,(H,20,21,24)/t13-/m1/s1. The molecule has 4 rings (SSSR count). The van der Waals surface area contributed by atoms with E-state index in [-0.39, 0.29) is 27.9 Å². The van der Waals surface area contributed by atoms with Crippen LogP contribution in [0.4, 0.5) is 9.52 Å². The number of nitrogens with zero attached hydrogens (tertiary/aromatic N) is 2. The molecule has 1 atom stereocenters. The van der Waals surface area contributed by atoms with Gasteiger partial charge in [0, 0.05) is 18.0 Å². The highest BCUT2D eigenvalue weighted by atomic mass is 32.2. The van der Waals surface area contributed by atoms with Gasteiger partial charge in [0.05, 0.1) is 24.3 Å². The third kappa shape index (κ3) is 5.19. The van der Waals surface area contributed by atoms with Gasteiger partial charge in [-0.25, -0.2) is 18.1 Å². The van der Waals surface area contributed by atoms with Gasteiger partial charge < -0.3 is 9.57 Å². The minimum absolute atomic E-state index is 0.0155. The maximum absolute atomic E-state index is 13.2. The molecule has 1 aliphatic heterocycles. The Morgan fingerprint density at radius 2 is 2.03 bits per heavy atom. The van der Waals surface area contributed by atoms with E-state index in [0.717, 1.165) is 19.0 Å². The minimum Gasteiger partial charge on any atom is -0.389 e. The van der Waals surface area contributed by atoms with Gasteiger partial charge in [0.1, 0.15) is 0 Å². The predicted octanol–water partition coefficient (Wildman–Crippen LogP) is 1.87. The highest BCUT2D eigenvalue weighted by molar-refractivity contribution is 7.89. The number of rotatable bonds is 8. The fraction of sp³-hybridized carbons (Fsp3) is 0.389. The Balaban J connectivity index is 1.56. The molecule has 1 amide bonds. The first-order valence-electron chi connectivity index (χ1n) is 9.28. The number of ether oxygens (including phenoxy) is 1. The van der Waals surface area contributed by atoms with Gasteiger partial charge in [0.2, 0.25) is 10.0 Å². The fourth-order valence-electron chi connectivity index (χ4n) is 2.70. The van der Waals surface area contributed by atoms with E-state index in [1.54, 1.807) is 0 Å². The summed E-state index contributed by atoms with van der Waals surface area (Å²) in [6.45, 7) is 0.904. The molecule has 9 nitrogen and oxygen atoms in total. The van der Waals surface area contributed by atoms with Gasteiger partial charge in [-0.05, 0) is 25.0 Å². The van der Waals surface area contributed by atoms with E-state index in [1.165, 1.54) is 24.3 Å². The summed E-state index contributed by atoms with van der Waals surface area (Å²) in [7, 11) is -3.62. The molecule has 1 aromatic carbocycles. The van der Waals surface area contributed by atoms with Crippen molar-refractivity contribution in [1.29, 1.82) is 0 Å². The summed E-state index contributed by atoms with van der Waals surface area (Å²) < 4.78 is 45.7. The number of sulfonamides is 1. The van der Waals surface area contributed by atoms with Crippen molar-refractivity contribution in [2.45, 2.75) is 36.3 Å². The molecule has 2 aromatic rings. The van der Waals surface area contributed by atoms with E-state index >= 15 is 0 Å². The molecular weight excluding hydrogens is 435 g/mol. The highest BCUT2D eigenvalue weighted by Crippen LogP contribution is 2.23. The van der Waals surface area contributed by atoms with Crippen molar-refractivity contribution in [3.05, 3.63) is 41.2 Å². The topological polar surface area (TPSA) is 119 Å². The number of hydrogen-bond donors (Lipinski definition) is 2. The Morgan fingerprint density at radius 1 is 1.27 bits per heavy atom. The van der Waals surface area contributed by atoms with Crippen LogP contribution in [0.5, 0.6) is 0 Å². The molecule has 0 unspecified atom stereocenters. The summed E-state index contributed by atoms with van der Waals surface area (Å²) in [6.07, 6.45) is 3.00. The van der Waals surface area contributed by atoms with E-state index in [2.05, 4.69) is 20.2 Å². The summed E-state index contributed by atoms with van der Waals surface area (Å²) in [5.74, 6) is -0.657. The number of anilines is 1. The third-order valence-electron chi connectivity index (χ3n) is 4.43. The van der Waals surface area contributed by atoms with Crippen LogP contribution in [0.25, 0.3) is 0 Å². The number of aromatic nitrogens is 1. The van der Waals surface area contributed by atoms with Crippen LogP contribution < -0.4 is 10.0 Å². The van der Waals surface area contributed by atoms with Gasteiger partial charge in [-0.1, -0.05) is 28.6 Å². The molecule has 2 N–H and O–H groups in total. The number of amides is 1. The summed E-state index contributed by atoms with van der Waals surface area (Å²) in [6, 6.07) is 5.71. The Bertz CT molecular complexity index is 1040. The molecule has 160 valence electrons. The monoisotopic (exact) mass is 454 g/mol. The predicted molar refractivity (Wildman–Crippen MR) is 107 cm³/mol. The van der Waals surface area contributed by atoms with Crippen LogP contribution in [-0.2, 0) is 24.4 Å². The second-order valence-electron chi connectivity index (χ2n) is 6.87. The zero-order chi connectivity index (χ0) is 21.1. The van der Waals surface area contributed by atoms with E-state index in [1.807, 2.05) is 0 Å². The number of nitrogens with one attached hydrogen (secondary N) is 2. The lowest BCUT2D eigenvalue weighted by Gasteiger charge is -2.10. The van der Waals surface area contributed by atoms with Gasteiger partial charge in [-0.15, -0.1) is 0 Å². The summed E-state index contributed by atoms with van der Waals surface area (Å²) in [5.41, 5.74) is 0.255. The molecule has 12 heteroatoms. The van der Waals surface area contributed by atoms with Gasteiger partial charge in [0.25, 0.3) is 5.91 Å². The molecule has 0 radical (unpaired) electrons. The summed E-state index contributed by atoms with van der Waals surface area (Å²) in [4.78, 5) is 22.0. The Morgan fingerprint density at radius 3 is 2.63 bits per heavy atom. The SMILES string of the molecule is O=C(Nc1ncc(F)s1)C(=NO[C@@H]1CCOC1)c1ccc(S(=O)(=O)NC2CC2)cc1. The number of oxime groups is 1. The fourth-order valence-corrected chi connectivity index (χ4v) is 4.54. The molecule has 0 bridgehead atoms. The van der Waals surface area contributed by atoms with Crippen LogP contribution >= 0.6 is 11.3 Å². The van der Waals surface area contributed by atoms with Crippen molar-refractivity contribution in [2.24, 2.45) is 5.16 Å². The van der Waals surface area contributed by atoms with Crippen LogP contribution in [0.15, 0.2) is 40.5 Å². The number of hydrogen-bond acceptors (Lipinski definition) is 8. The van der Waals surface area contributed by atoms with Crippen molar-refractivity contribution in [3.63, 3.8) is 0 Å². The quantitative estimate of drug-likeness (QED) is 0.464. The molecular formula is C18H19FN4O5S2. The van der Waals surface area contributed by atoms with Crippen LogP contribution in [0, 0.1) is 5.13 Å². The molecule has 30 heavy (non-hydrogen) atoms. The Labute approximate surface area is 176 Å². The lowest BCUT2D eigenvalue weighted by Crippen LogP contribution is -2.27.